The lowest BCUT2D eigenvalue weighted by Crippen LogP contribution is -2.13. The van der Waals surface area contributed by atoms with Crippen molar-refractivity contribution in [3.05, 3.63) is 90.0 Å². The van der Waals surface area contributed by atoms with Gasteiger partial charge in [-0.05, 0) is 91.2 Å². The maximum atomic E-state index is 12.3. The zero-order valence-corrected chi connectivity index (χ0v) is 22.0. The van der Waals surface area contributed by atoms with Crippen LogP contribution < -0.4 is 4.74 Å². The van der Waals surface area contributed by atoms with E-state index in [4.69, 9.17) is 4.74 Å². The molecule has 1 aliphatic carbocycles. The molecule has 1 saturated carbocycles. The van der Waals surface area contributed by atoms with Gasteiger partial charge in [0, 0.05) is 6.42 Å². The summed E-state index contributed by atoms with van der Waals surface area (Å²) in [7, 11) is 0. The molecule has 0 heterocycles. The van der Waals surface area contributed by atoms with Gasteiger partial charge in [-0.25, -0.2) is 0 Å². The maximum Gasteiger partial charge on any atom is 0.311 e. The number of rotatable bonds is 12. The van der Waals surface area contributed by atoms with Crippen LogP contribution in [0.4, 0.5) is 0 Å². The fraction of sp³-hybridized carbons (Fsp3) is 0.441. The van der Waals surface area contributed by atoms with Crippen molar-refractivity contribution in [3.8, 4) is 16.9 Å². The summed E-state index contributed by atoms with van der Waals surface area (Å²) in [5, 5.41) is 0. The molecular formula is C34H42O2. The largest absolute Gasteiger partial charge is 0.427 e. The standard InChI is InChI=1S/C34H42O2/c1-2-3-5-10-27-17-21-31(22-18-27)32-23-25-33(26-24-32)36-34(35)14-9-8-11-28-15-19-30(20-16-28)29-12-6-4-7-13-29/h4,6-7,12-13,15-16,19-20,23-27,31H,2-3,5,8-11,14,17-18,21-22H2,1H3. The highest BCUT2D eigenvalue weighted by Crippen LogP contribution is 2.38. The van der Waals surface area contributed by atoms with E-state index < -0.39 is 0 Å². The summed E-state index contributed by atoms with van der Waals surface area (Å²) < 4.78 is 5.61. The van der Waals surface area contributed by atoms with Crippen LogP contribution in [0.25, 0.3) is 11.1 Å². The number of unbranched alkanes of at least 4 members (excludes halogenated alkanes) is 3. The molecular weight excluding hydrogens is 440 g/mol. The molecule has 0 atom stereocenters. The van der Waals surface area contributed by atoms with Crippen molar-refractivity contribution in [2.45, 2.75) is 89.9 Å². The van der Waals surface area contributed by atoms with Crippen LogP contribution in [0.1, 0.15) is 94.6 Å². The van der Waals surface area contributed by atoms with E-state index in [1.54, 1.807) is 0 Å². The van der Waals surface area contributed by atoms with Crippen molar-refractivity contribution in [3.63, 3.8) is 0 Å². The van der Waals surface area contributed by atoms with Gasteiger partial charge in [-0.2, -0.15) is 0 Å². The number of carbonyl (C=O) groups is 1. The summed E-state index contributed by atoms with van der Waals surface area (Å²) in [4.78, 5) is 12.3. The molecule has 0 N–H and O–H groups in total. The lowest BCUT2D eigenvalue weighted by Gasteiger charge is -2.29. The van der Waals surface area contributed by atoms with Gasteiger partial charge < -0.3 is 4.74 Å². The number of hydrogen-bond acceptors (Lipinski definition) is 2. The maximum absolute atomic E-state index is 12.3. The Bertz CT molecular complexity index is 1030. The van der Waals surface area contributed by atoms with E-state index in [0.717, 1.165) is 25.2 Å². The first-order chi connectivity index (χ1) is 17.7. The topological polar surface area (TPSA) is 26.3 Å². The SMILES string of the molecule is CCCCCC1CCC(c2ccc(OC(=O)CCCCc3ccc(-c4ccccc4)cc3)cc2)CC1. The Morgan fingerprint density at radius 3 is 2.14 bits per heavy atom. The minimum absolute atomic E-state index is 0.130. The van der Waals surface area contributed by atoms with Gasteiger partial charge in [-0.1, -0.05) is 99.3 Å². The Balaban J connectivity index is 1.13. The zero-order valence-electron chi connectivity index (χ0n) is 22.0. The zero-order chi connectivity index (χ0) is 25.0. The van der Waals surface area contributed by atoms with Crippen LogP contribution >= 0.6 is 0 Å². The van der Waals surface area contributed by atoms with Crippen LogP contribution in [0.3, 0.4) is 0 Å². The molecule has 0 amide bonds. The van der Waals surface area contributed by atoms with Crippen molar-refractivity contribution < 1.29 is 9.53 Å². The number of hydrogen-bond donors (Lipinski definition) is 0. The summed E-state index contributed by atoms with van der Waals surface area (Å²) in [6.45, 7) is 2.28. The predicted octanol–water partition coefficient (Wildman–Crippen LogP) is 9.53. The molecule has 2 heteroatoms. The monoisotopic (exact) mass is 482 g/mol. The minimum atomic E-state index is -0.130. The molecule has 36 heavy (non-hydrogen) atoms. The molecule has 190 valence electrons. The van der Waals surface area contributed by atoms with Crippen LogP contribution in [0, 0.1) is 5.92 Å². The van der Waals surface area contributed by atoms with Gasteiger partial charge in [0.25, 0.3) is 0 Å². The average molecular weight is 483 g/mol. The first-order valence-electron chi connectivity index (χ1n) is 14.2. The Labute approximate surface area is 218 Å². The molecule has 2 nitrogen and oxygen atoms in total. The molecule has 0 radical (unpaired) electrons. The first kappa shape index (κ1) is 26.2. The van der Waals surface area contributed by atoms with E-state index in [0.29, 0.717) is 18.1 Å². The summed E-state index contributed by atoms with van der Waals surface area (Å²) in [6.07, 6.45) is 14.1. The first-order valence-corrected chi connectivity index (χ1v) is 14.2. The fourth-order valence-corrected chi connectivity index (χ4v) is 5.55. The second-order valence-corrected chi connectivity index (χ2v) is 10.5. The third-order valence-electron chi connectivity index (χ3n) is 7.80. The molecule has 0 spiro atoms. The van der Waals surface area contributed by atoms with Crippen molar-refractivity contribution >= 4 is 5.97 Å². The van der Waals surface area contributed by atoms with Gasteiger partial charge in [-0.3, -0.25) is 4.79 Å². The molecule has 3 aromatic rings. The lowest BCUT2D eigenvalue weighted by molar-refractivity contribution is -0.134. The average Bonchev–Trinajstić information content (AvgIpc) is 2.93. The van der Waals surface area contributed by atoms with Gasteiger partial charge in [0.15, 0.2) is 0 Å². The Morgan fingerprint density at radius 1 is 0.750 bits per heavy atom. The van der Waals surface area contributed by atoms with E-state index >= 15 is 0 Å². The van der Waals surface area contributed by atoms with Gasteiger partial charge in [0.1, 0.15) is 5.75 Å². The second kappa shape index (κ2) is 14.0. The molecule has 0 saturated heterocycles. The van der Waals surface area contributed by atoms with Gasteiger partial charge in [0.05, 0.1) is 0 Å². The van der Waals surface area contributed by atoms with Crippen molar-refractivity contribution in [1.82, 2.24) is 0 Å². The Morgan fingerprint density at radius 2 is 1.44 bits per heavy atom. The third-order valence-corrected chi connectivity index (χ3v) is 7.80. The van der Waals surface area contributed by atoms with E-state index in [2.05, 4.69) is 67.6 Å². The minimum Gasteiger partial charge on any atom is -0.427 e. The highest BCUT2D eigenvalue weighted by molar-refractivity contribution is 5.72. The van der Waals surface area contributed by atoms with E-state index in [1.165, 1.54) is 73.6 Å². The molecule has 1 fully saturated rings. The summed E-state index contributed by atoms with van der Waals surface area (Å²) in [5.74, 6) is 2.14. The molecule has 3 aromatic carbocycles. The number of benzene rings is 3. The number of aryl methyl sites for hydroxylation is 1. The second-order valence-electron chi connectivity index (χ2n) is 10.5. The fourth-order valence-electron chi connectivity index (χ4n) is 5.55. The van der Waals surface area contributed by atoms with Crippen LogP contribution in [0.2, 0.25) is 0 Å². The van der Waals surface area contributed by atoms with Crippen LogP contribution in [0.15, 0.2) is 78.9 Å². The van der Waals surface area contributed by atoms with E-state index in [9.17, 15) is 4.79 Å². The molecule has 0 aliphatic heterocycles. The van der Waals surface area contributed by atoms with Gasteiger partial charge in [-0.15, -0.1) is 0 Å². The summed E-state index contributed by atoms with van der Waals surface area (Å²) in [6, 6.07) is 27.5. The van der Waals surface area contributed by atoms with Crippen LogP contribution in [0.5, 0.6) is 5.75 Å². The predicted molar refractivity (Wildman–Crippen MR) is 150 cm³/mol. The Kier molecular flexibility index (Phi) is 10.2. The quantitative estimate of drug-likeness (QED) is 0.146. The van der Waals surface area contributed by atoms with Crippen LogP contribution in [-0.4, -0.2) is 5.97 Å². The number of esters is 1. The summed E-state index contributed by atoms with van der Waals surface area (Å²) in [5.41, 5.74) is 5.20. The highest BCUT2D eigenvalue weighted by Gasteiger charge is 2.22. The summed E-state index contributed by atoms with van der Waals surface area (Å²) >= 11 is 0. The Hall–Kier alpha value is -2.87. The van der Waals surface area contributed by atoms with E-state index in [1.807, 2.05) is 18.2 Å². The van der Waals surface area contributed by atoms with E-state index in [-0.39, 0.29) is 5.97 Å². The smallest absolute Gasteiger partial charge is 0.311 e. The van der Waals surface area contributed by atoms with Gasteiger partial charge in [0.2, 0.25) is 0 Å². The van der Waals surface area contributed by atoms with Crippen molar-refractivity contribution in [1.29, 1.82) is 0 Å². The number of ether oxygens (including phenoxy) is 1. The molecule has 1 aliphatic rings. The van der Waals surface area contributed by atoms with Gasteiger partial charge >= 0.3 is 5.97 Å². The third kappa shape index (κ3) is 8.08. The molecule has 0 aromatic heterocycles. The molecule has 0 bridgehead atoms. The van der Waals surface area contributed by atoms with Crippen LogP contribution in [-0.2, 0) is 11.2 Å². The van der Waals surface area contributed by atoms with Crippen molar-refractivity contribution in [2.24, 2.45) is 5.92 Å². The highest BCUT2D eigenvalue weighted by atomic mass is 16.5. The normalized spacial score (nSPS) is 17.6. The number of carbonyl (C=O) groups excluding carboxylic acids is 1. The molecule has 0 unspecified atom stereocenters. The molecule has 4 rings (SSSR count). The van der Waals surface area contributed by atoms with Crippen molar-refractivity contribution in [2.75, 3.05) is 0 Å². The lowest BCUT2D eigenvalue weighted by atomic mass is 9.77.